The van der Waals surface area contributed by atoms with Crippen molar-refractivity contribution in [1.82, 2.24) is 14.8 Å². The number of carbonyl (C=O) groups is 1. The van der Waals surface area contributed by atoms with E-state index < -0.39 is 9.84 Å². The van der Waals surface area contributed by atoms with Crippen molar-refractivity contribution in [3.63, 3.8) is 0 Å². The molecule has 4 aromatic rings. The molecule has 3 aromatic carbocycles. The monoisotopic (exact) mass is 561 g/mol. The molecule has 1 N–H and O–H groups in total. The highest BCUT2D eigenvalue weighted by Gasteiger charge is 2.25. The second-order valence-corrected chi connectivity index (χ2v) is 11.6. The van der Waals surface area contributed by atoms with Crippen molar-refractivity contribution in [2.45, 2.75) is 17.2 Å². The van der Waals surface area contributed by atoms with Gasteiger partial charge in [-0.05, 0) is 29.8 Å². The van der Waals surface area contributed by atoms with Crippen molar-refractivity contribution >= 4 is 26.6 Å². The maximum atomic E-state index is 13.2. The average molecular weight is 562 g/mol. The molecule has 0 aliphatic carbocycles. The van der Waals surface area contributed by atoms with Crippen molar-refractivity contribution in [1.29, 1.82) is 0 Å². The number of hydrogen-bond donors (Lipinski definition) is 1. The van der Waals surface area contributed by atoms with Crippen LogP contribution in [0.15, 0.2) is 77.8 Å². The predicted molar refractivity (Wildman–Crippen MR) is 151 cm³/mol. The van der Waals surface area contributed by atoms with Crippen molar-refractivity contribution in [3.05, 3.63) is 89.6 Å². The van der Waals surface area contributed by atoms with Crippen LogP contribution in [-0.2, 0) is 22.1 Å². The van der Waals surface area contributed by atoms with Gasteiger partial charge in [-0.3, -0.25) is 14.7 Å². The van der Waals surface area contributed by atoms with Crippen LogP contribution in [0.4, 0.5) is 0 Å². The van der Waals surface area contributed by atoms with E-state index in [1.54, 1.807) is 72.8 Å². The Kier molecular flexibility index (Phi) is 7.90. The van der Waals surface area contributed by atoms with E-state index in [-0.39, 0.29) is 22.3 Å². The molecule has 40 heavy (non-hydrogen) atoms. The minimum atomic E-state index is -3.63. The molecule has 10 heteroatoms. The maximum Gasteiger partial charge on any atom is 0.253 e. The summed E-state index contributed by atoms with van der Waals surface area (Å²) >= 11 is 0. The van der Waals surface area contributed by atoms with Gasteiger partial charge in [-0.25, -0.2) is 8.42 Å². The molecule has 1 amide bonds. The quantitative estimate of drug-likeness (QED) is 0.345. The van der Waals surface area contributed by atoms with Crippen LogP contribution in [0.3, 0.4) is 0 Å². The summed E-state index contributed by atoms with van der Waals surface area (Å²) in [5.41, 5.74) is 2.24. The van der Waals surface area contributed by atoms with Crippen LogP contribution in [0.1, 0.15) is 21.5 Å². The standard InChI is InChI=1S/C30H31N3O6S/c1-38-24-17-26(34)25(27(18-24)39-2)19-32-13-15-33(16-14-32)30(35)23-10-8-21(9-11-23)20-40(36,37)28-7-3-5-22-6-4-12-31-29(22)28/h3-12,17-18,34H,13-16,19-20H2,1-2H3. The summed E-state index contributed by atoms with van der Waals surface area (Å²) in [5, 5.41) is 11.2. The number of nitrogens with zero attached hydrogens (tertiary/aromatic N) is 3. The molecule has 1 saturated heterocycles. The van der Waals surface area contributed by atoms with Gasteiger partial charge in [-0.2, -0.15) is 0 Å². The Morgan fingerprint density at radius 2 is 1.68 bits per heavy atom. The van der Waals surface area contributed by atoms with Gasteiger partial charge in [0.1, 0.15) is 17.2 Å². The molecular formula is C30H31N3O6S. The molecule has 208 valence electrons. The third kappa shape index (κ3) is 5.73. The molecule has 0 atom stereocenters. The average Bonchev–Trinajstić information content (AvgIpc) is 2.98. The van der Waals surface area contributed by atoms with E-state index in [1.807, 2.05) is 12.1 Å². The largest absolute Gasteiger partial charge is 0.507 e. The zero-order valence-corrected chi connectivity index (χ0v) is 23.2. The summed E-state index contributed by atoms with van der Waals surface area (Å²) in [6.45, 7) is 2.81. The Balaban J connectivity index is 1.21. The van der Waals surface area contributed by atoms with Crippen LogP contribution in [0, 0.1) is 0 Å². The summed E-state index contributed by atoms with van der Waals surface area (Å²) in [6, 6.07) is 18.8. The number of ether oxygens (including phenoxy) is 2. The SMILES string of the molecule is COc1cc(O)c(CN2CCN(C(=O)c3ccc(CS(=O)(=O)c4cccc5cccnc45)cc3)CC2)c(OC)c1. The Labute approximate surface area is 233 Å². The molecule has 0 radical (unpaired) electrons. The summed E-state index contributed by atoms with van der Waals surface area (Å²) in [5.74, 6) is 0.889. The number of para-hydroxylation sites is 1. The molecule has 2 heterocycles. The van der Waals surface area contributed by atoms with Crippen LogP contribution < -0.4 is 9.47 Å². The number of aromatic hydroxyl groups is 1. The Morgan fingerprint density at radius 3 is 2.38 bits per heavy atom. The van der Waals surface area contributed by atoms with Gasteiger partial charge in [0.2, 0.25) is 0 Å². The lowest BCUT2D eigenvalue weighted by Crippen LogP contribution is -2.48. The van der Waals surface area contributed by atoms with Gasteiger partial charge in [0.15, 0.2) is 9.84 Å². The van der Waals surface area contributed by atoms with E-state index >= 15 is 0 Å². The number of sulfone groups is 1. The fourth-order valence-electron chi connectivity index (χ4n) is 4.95. The molecule has 5 rings (SSSR count). The predicted octanol–water partition coefficient (Wildman–Crippen LogP) is 3.89. The summed E-state index contributed by atoms with van der Waals surface area (Å²) in [4.78, 5) is 21.6. The highest BCUT2D eigenvalue weighted by Crippen LogP contribution is 2.34. The van der Waals surface area contributed by atoms with Gasteiger partial charge in [-0.15, -0.1) is 0 Å². The van der Waals surface area contributed by atoms with E-state index in [2.05, 4.69) is 9.88 Å². The minimum Gasteiger partial charge on any atom is -0.507 e. The zero-order valence-electron chi connectivity index (χ0n) is 22.4. The van der Waals surface area contributed by atoms with Crippen molar-refractivity contribution in [2.75, 3.05) is 40.4 Å². The van der Waals surface area contributed by atoms with Gasteiger partial charge in [0.25, 0.3) is 5.91 Å². The van der Waals surface area contributed by atoms with E-state index in [0.717, 1.165) is 5.39 Å². The Hall–Kier alpha value is -4.15. The molecule has 0 bridgehead atoms. The first kappa shape index (κ1) is 27.4. The van der Waals surface area contributed by atoms with Crippen LogP contribution in [0.25, 0.3) is 10.9 Å². The van der Waals surface area contributed by atoms with Crippen LogP contribution in [0.5, 0.6) is 17.2 Å². The summed E-state index contributed by atoms with van der Waals surface area (Å²) < 4.78 is 37.0. The van der Waals surface area contributed by atoms with Gasteiger partial charge >= 0.3 is 0 Å². The van der Waals surface area contributed by atoms with Gasteiger partial charge in [-0.1, -0.05) is 30.3 Å². The van der Waals surface area contributed by atoms with Crippen LogP contribution >= 0.6 is 0 Å². The third-order valence-corrected chi connectivity index (χ3v) is 8.86. The highest BCUT2D eigenvalue weighted by molar-refractivity contribution is 7.90. The van der Waals surface area contributed by atoms with Crippen molar-refractivity contribution < 1.29 is 27.8 Å². The molecular weight excluding hydrogens is 530 g/mol. The molecule has 1 aromatic heterocycles. The number of fused-ring (bicyclic) bond motifs is 1. The lowest BCUT2D eigenvalue weighted by atomic mass is 10.1. The number of phenols is 1. The first-order valence-corrected chi connectivity index (χ1v) is 14.5. The van der Waals surface area contributed by atoms with Gasteiger partial charge in [0.05, 0.1) is 35.9 Å². The Morgan fingerprint density at radius 1 is 0.950 bits per heavy atom. The van der Waals surface area contributed by atoms with Crippen molar-refractivity contribution in [3.8, 4) is 17.2 Å². The first-order valence-electron chi connectivity index (χ1n) is 12.9. The fraction of sp³-hybridized carbons (Fsp3) is 0.267. The number of methoxy groups -OCH3 is 2. The number of carbonyl (C=O) groups excluding carboxylic acids is 1. The van der Waals surface area contributed by atoms with E-state index in [4.69, 9.17) is 9.47 Å². The topological polar surface area (TPSA) is 109 Å². The Bertz CT molecular complexity index is 1630. The molecule has 1 aliphatic rings. The number of amides is 1. The fourth-order valence-corrected chi connectivity index (χ4v) is 6.49. The highest BCUT2D eigenvalue weighted by atomic mass is 32.2. The third-order valence-electron chi connectivity index (χ3n) is 7.14. The summed E-state index contributed by atoms with van der Waals surface area (Å²) in [6.07, 6.45) is 1.58. The van der Waals surface area contributed by atoms with Crippen molar-refractivity contribution in [2.24, 2.45) is 0 Å². The number of benzene rings is 3. The number of hydrogen-bond acceptors (Lipinski definition) is 8. The molecule has 0 saturated carbocycles. The first-order chi connectivity index (χ1) is 19.3. The van der Waals surface area contributed by atoms with Gasteiger partial charge < -0.3 is 19.5 Å². The smallest absolute Gasteiger partial charge is 0.253 e. The molecule has 9 nitrogen and oxygen atoms in total. The molecule has 0 spiro atoms. The minimum absolute atomic E-state index is 0.0998. The van der Waals surface area contributed by atoms with Crippen LogP contribution in [-0.4, -0.2) is 74.6 Å². The lowest BCUT2D eigenvalue weighted by molar-refractivity contribution is 0.0626. The number of phenolic OH excluding ortho intramolecular Hbond substituents is 1. The normalized spacial score (nSPS) is 14.3. The number of rotatable bonds is 8. The van der Waals surface area contributed by atoms with E-state index in [1.165, 1.54) is 7.11 Å². The van der Waals surface area contributed by atoms with Gasteiger partial charge in [0, 0.05) is 62.0 Å². The van der Waals surface area contributed by atoms with E-state index in [9.17, 15) is 18.3 Å². The van der Waals surface area contributed by atoms with E-state index in [0.29, 0.717) is 66.4 Å². The summed E-state index contributed by atoms with van der Waals surface area (Å²) in [7, 11) is -0.552. The number of pyridine rings is 1. The lowest BCUT2D eigenvalue weighted by Gasteiger charge is -2.35. The molecule has 1 aliphatic heterocycles. The second kappa shape index (κ2) is 11.5. The number of piperazine rings is 1. The number of aromatic nitrogens is 1. The van der Waals surface area contributed by atoms with Crippen LogP contribution in [0.2, 0.25) is 0 Å². The second-order valence-electron chi connectivity index (χ2n) is 9.68. The zero-order chi connectivity index (χ0) is 28.3. The molecule has 1 fully saturated rings. The maximum absolute atomic E-state index is 13.2. The molecule has 0 unspecified atom stereocenters.